The summed E-state index contributed by atoms with van der Waals surface area (Å²) in [7, 11) is 0. The number of nitrogens with zero attached hydrogens (tertiary/aromatic N) is 4. The van der Waals surface area contributed by atoms with Gasteiger partial charge in [0.05, 0.1) is 44.1 Å². The van der Waals surface area contributed by atoms with E-state index in [-0.39, 0.29) is 0 Å². The second-order valence-electron chi connectivity index (χ2n) is 29.2. The smallest absolute Gasteiger partial charge is 0.0541 e. The molecule has 0 saturated carbocycles. The molecule has 0 unspecified atom stereocenters. The van der Waals surface area contributed by atoms with E-state index >= 15 is 0 Å². The van der Waals surface area contributed by atoms with Gasteiger partial charge in [-0.2, -0.15) is 0 Å². The number of hydrogen-bond donors (Lipinski definition) is 0. The second-order valence-corrected chi connectivity index (χ2v) is 29.2. The molecule has 0 fully saturated rings. The molecule has 18 aromatic carbocycles. The molecule has 0 radical (unpaired) electrons. The predicted octanol–water partition coefficient (Wildman–Crippen LogP) is 29.1. The Kier molecular flexibility index (Phi) is 16.2. The fourth-order valence-corrected chi connectivity index (χ4v) is 17.2. The molecule has 0 N–H and O–H groups in total. The quantitative estimate of drug-likeness (QED) is 0.116. The van der Waals surface area contributed by atoms with Gasteiger partial charge in [0.15, 0.2) is 0 Å². The maximum absolute atomic E-state index is 2.41. The Labute approximate surface area is 649 Å². The number of benzene rings is 18. The maximum Gasteiger partial charge on any atom is 0.0541 e. The van der Waals surface area contributed by atoms with Gasteiger partial charge in [-0.25, -0.2) is 0 Å². The summed E-state index contributed by atoms with van der Waals surface area (Å²) in [5, 5.41) is 10.0. The minimum atomic E-state index is 1.15. The standard InChI is InChI=1S/2C54H36N2/c1-3-13-37(14-4-1)40-17-11-18-41(33-40)39-25-29-45(30-26-39)55-51-23-9-7-21-47(51)49-35-43(27-31-53(49)55)44-28-32-54-50(36-44)48-22-8-10-24-52(48)56(54)46-20-12-19-42(34-46)38-15-5-2-6-16-38;1-3-12-37(13-4-1)39-22-28-45(29-23-39)55-51-20-9-7-18-47(51)49-35-43(26-32-53(49)55)44-27-33-54-50(36-44)48-19-8-10-21-52(48)56(54)46-30-24-40(25-31-46)42-17-11-16-41(34-42)38-14-5-2-6-15-38/h2*1-36H. The fraction of sp³-hybridized carbons (Fsp3) is 0. The molecule has 4 aromatic heterocycles. The van der Waals surface area contributed by atoms with E-state index < -0.39 is 0 Å². The van der Waals surface area contributed by atoms with Gasteiger partial charge in [0.25, 0.3) is 0 Å². The molecule has 0 aliphatic carbocycles. The van der Waals surface area contributed by atoms with E-state index in [0.29, 0.717) is 0 Å². The summed E-state index contributed by atoms with van der Waals surface area (Å²) in [6, 6.07) is 159. The Morgan fingerprint density at radius 3 is 0.580 bits per heavy atom. The highest BCUT2D eigenvalue weighted by atomic mass is 15.0. The maximum atomic E-state index is 2.41. The van der Waals surface area contributed by atoms with Crippen LogP contribution in [0, 0.1) is 0 Å². The Morgan fingerprint density at radius 2 is 0.286 bits per heavy atom. The Morgan fingerprint density at radius 1 is 0.0982 bits per heavy atom. The van der Waals surface area contributed by atoms with Crippen LogP contribution in [0.2, 0.25) is 0 Å². The molecule has 4 nitrogen and oxygen atoms in total. The first-order valence-electron chi connectivity index (χ1n) is 38.5. The van der Waals surface area contributed by atoms with Crippen molar-refractivity contribution < 1.29 is 0 Å². The predicted molar refractivity (Wildman–Crippen MR) is 474 cm³/mol. The van der Waals surface area contributed by atoms with Gasteiger partial charge in [-0.3, -0.25) is 0 Å². The molecular formula is C108H72N4. The monoisotopic (exact) mass is 1420 g/mol. The molecular weight excluding hydrogens is 1350 g/mol. The van der Waals surface area contributed by atoms with E-state index in [9.17, 15) is 0 Å². The van der Waals surface area contributed by atoms with Crippen molar-refractivity contribution in [1.82, 2.24) is 18.3 Å². The van der Waals surface area contributed by atoms with Crippen molar-refractivity contribution >= 4 is 87.2 Å². The van der Waals surface area contributed by atoms with Crippen molar-refractivity contribution in [3.05, 3.63) is 437 Å². The van der Waals surface area contributed by atoms with Gasteiger partial charge in [0.2, 0.25) is 0 Å². The number of rotatable bonds is 12. The minimum absolute atomic E-state index is 1.15. The van der Waals surface area contributed by atoms with Crippen LogP contribution in [-0.4, -0.2) is 18.3 Å². The summed E-state index contributed by atoms with van der Waals surface area (Å²) in [5.41, 5.74) is 33.7. The summed E-state index contributed by atoms with van der Waals surface area (Å²) >= 11 is 0. The van der Waals surface area contributed by atoms with Crippen LogP contribution in [0.5, 0.6) is 0 Å². The first kappa shape index (κ1) is 65.5. The summed E-state index contributed by atoms with van der Waals surface area (Å²) in [4.78, 5) is 0. The van der Waals surface area contributed by atoms with Crippen LogP contribution in [0.4, 0.5) is 0 Å². The highest BCUT2D eigenvalue weighted by Gasteiger charge is 2.21. The number of hydrogen-bond acceptors (Lipinski definition) is 0. The number of aromatic nitrogens is 4. The van der Waals surface area contributed by atoms with Crippen LogP contribution in [0.25, 0.3) is 199 Å². The third-order valence-corrected chi connectivity index (χ3v) is 22.7. The van der Waals surface area contributed by atoms with Gasteiger partial charge in [-0.1, -0.05) is 303 Å². The lowest BCUT2D eigenvalue weighted by Gasteiger charge is -2.11. The Hall–Kier alpha value is -14.8. The van der Waals surface area contributed by atoms with Crippen LogP contribution in [0.15, 0.2) is 437 Å². The van der Waals surface area contributed by atoms with E-state index in [2.05, 4.69) is 455 Å². The lowest BCUT2D eigenvalue weighted by atomic mass is 9.99. The van der Waals surface area contributed by atoms with Gasteiger partial charge in [-0.15, -0.1) is 0 Å². The van der Waals surface area contributed by atoms with Gasteiger partial charge in [-0.05, 0) is 222 Å². The molecule has 4 heteroatoms. The fourth-order valence-electron chi connectivity index (χ4n) is 17.2. The van der Waals surface area contributed by atoms with Crippen molar-refractivity contribution in [3.8, 4) is 112 Å². The zero-order valence-corrected chi connectivity index (χ0v) is 61.4. The molecule has 0 aliphatic rings. The van der Waals surface area contributed by atoms with Crippen LogP contribution >= 0.6 is 0 Å². The molecule has 0 amide bonds. The summed E-state index contributed by atoms with van der Waals surface area (Å²) in [6.07, 6.45) is 0. The third-order valence-electron chi connectivity index (χ3n) is 22.7. The van der Waals surface area contributed by atoms with E-state index in [4.69, 9.17) is 0 Å². The van der Waals surface area contributed by atoms with Crippen LogP contribution in [0.3, 0.4) is 0 Å². The summed E-state index contributed by atoms with van der Waals surface area (Å²) in [6.45, 7) is 0. The highest BCUT2D eigenvalue weighted by molar-refractivity contribution is 6.15. The van der Waals surface area contributed by atoms with E-state index in [1.807, 2.05) is 0 Å². The molecule has 0 atom stereocenters. The molecule has 4 heterocycles. The van der Waals surface area contributed by atoms with Gasteiger partial charge in [0, 0.05) is 65.8 Å². The zero-order chi connectivity index (χ0) is 74.0. The molecule has 0 spiro atoms. The SMILES string of the molecule is c1ccc(-c2ccc(-n3c4ccccc4c4cc(-c5ccc6c(c5)c5ccccc5n6-c5ccc(-c6cccc(-c7ccccc7)c6)cc5)ccc43)cc2)cc1.c1ccc(-c2cccc(-c3ccc(-n4c5ccccc5c5cc(-c6ccc7c(c6)c6ccccc6n7-c6cccc(-c7ccccc7)c6)ccc54)cc3)c2)cc1. The lowest BCUT2D eigenvalue weighted by Crippen LogP contribution is -1.94. The Bertz CT molecular complexity index is 7310. The van der Waals surface area contributed by atoms with Gasteiger partial charge in [0.1, 0.15) is 0 Å². The molecule has 22 aromatic rings. The number of para-hydroxylation sites is 4. The topological polar surface area (TPSA) is 19.7 Å². The normalized spacial score (nSPS) is 11.6. The van der Waals surface area contributed by atoms with Crippen molar-refractivity contribution in [1.29, 1.82) is 0 Å². The van der Waals surface area contributed by atoms with Crippen LogP contribution < -0.4 is 0 Å². The van der Waals surface area contributed by atoms with Crippen molar-refractivity contribution in [2.45, 2.75) is 0 Å². The second kappa shape index (κ2) is 27.7. The molecule has 22 rings (SSSR count). The Balaban J connectivity index is 0.000000141. The summed E-state index contributed by atoms with van der Waals surface area (Å²) in [5.74, 6) is 0. The summed E-state index contributed by atoms with van der Waals surface area (Å²) < 4.78 is 9.60. The molecule has 0 saturated heterocycles. The highest BCUT2D eigenvalue weighted by Crippen LogP contribution is 2.43. The first-order chi connectivity index (χ1) is 55.5. The number of fused-ring (bicyclic) bond motifs is 12. The molecule has 524 valence electrons. The van der Waals surface area contributed by atoms with E-state index in [1.54, 1.807) is 0 Å². The van der Waals surface area contributed by atoms with Gasteiger partial charge < -0.3 is 18.3 Å². The van der Waals surface area contributed by atoms with E-state index in [0.717, 1.165) is 22.7 Å². The van der Waals surface area contributed by atoms with Crippen molar-refractivity contribution in [3.63, 3.8) is 0 Å². The minimum Gasteiger partial charge on any atom is -0.309 e. The molecule has 112 heavy (non-hydrogen) atoms. The van der Waals surface area contributed by atoms with Gasteiger partial charge >= 0.3 is 0 Å². The first-order valence-corrected chi connectivity index (χ1v) is 38.5. The van der Waals surface area contributed by atoms with Crippen molar-refractivity contribution in [2.75, 3.05) is 0 Å². The molecule has 0 aliphatic heterocycles. The van der Waals surface area contributed by atoms with Crippen molar-refractivity contribution in [2.24, 2.45) is 0 Å². The largest absolute Gasteiger partial charge is 0.309 e. The average molecular weight is 1430 g/mol. The lowest BCUT2D eigenvalue weighted by molar-refractivity contribution is 1.18. The third kappa shape index (κ3) is 11.6. The van der Waals surface area contributed by atoms with Crippen LogP contribution in [-0.2, 0) is 0 Å². The zero-order valence-electron chi connectivity index (χ0n) is 61.4. The average Bonchev–Trinajstić information content (AvgIpc) is 1.60. The van der Waals surface area contributed by atoms with Crippen LogP contribution in [0.1, 0.15) is 0 Å². The molecule has 0 bridgehead atoms. The van der Waals surface area contributed by atoms with E-state index in [1.165, 1.54) is 176 Å².